The van der Waals surface area contributed by atoms with Crippen molar-refractivity contribution in [1.82, 2.24) is 5.32 Å². The van der Waals surface area contributed by atoms with E-state index in [-0.39, 0.29) is 18.2 Å². The van der Waals surface area contributed by atoms with Gasteiger partial charge in [0, 0.05) is 19.5 Å². The van der Waals surface area contributed by atoms with E-state index in [0.717, 1.165) is 12.1 Å². The van der Waals surface area contributed by atoms with Crippen molar-refractivity contribution in [3.05, 3.63) is 35.4 Å². The molecule has 0 saturated heterocycles. The minimum atomic E-state index is -4.33. The zero-order valence-corrected chi connectivity index (χ0v) is 10.6. The number of halogens is 3. The number of amides is 1. The third kappa shape index (κ3) is 4.90. The largest absolute Gasteiger partial charge is 0.416 e. The lowest BCUT2D eigenvalue weighted by molar-refractivity contribution is -0.137. The minimum Gasteiger partial charge on any atom is -0.355 e. The van der Waals surface area contributed by atoms with E-state index in [4.69, 9.17) is 5.73 Å². The Morgan fingerprint density at radius 2 is 1.89 bits per heavy atom. The molecular formula is C13H17F3N2O. The molecule has 0 aliphatic rings. The quantitative estimate of drug-likeness (QED) is 0.865. The summed E-state index contributed by atoms with van der Waals surface area (Å²) in [6.07, 6.45) is -4.11. The molecule has 1 aromatic rings. The fraction of sp³-hybridized carbons (Fsp3) is 0.462. The lowest BCUT2D eigenvalue weighted by atomic mass is 9.96. The van der Waals surface area contributed by atoms with Crippen molar-refractivity contribution in [2.24, 2.45) is 5.73 Å². The Morgan fingerprint density at radius 3 is 2.37 bits per heavy atom. The van der Waals surface area contributed by atoms with Gasteiger partial charge in [-0.2, -0.15) is 13.2 Å². The van der Waals surface area contributed by atoms with Crippen LogP contribution in [0.2, 0.25) is 0 Å². The zero-order chi connectivity index (χ0) is 14.5. The topological polar surface area (TPSA) is 55.1 Å². The molecule has 106 valence electrons. The highest BCUT2D eigenvalue weighted by Crippen LogP contribution is 2.30. The van der Waals surface area contributed by atoms with Gasteiger partial charge >= 0.3 is 6.18 Å². The first-order valence-corrected chi connectivity index (χ1v) is 5.98. The van der Waals surface area contributed by atoms with E-state index in [1.54, 1.807) is 6.92 Å². The maximum Gasteiger partial charge on any atom is 0.416 e. The molecule has 0 spiro atoms. The molecule has 1 rings (SSSR count). The number of carbonyl (C=O) groups is 1. The molecule has 0 heterocycles. The van der Waals surface area contributed by atoms with Crippen LogP contribution in [0.4, 0.5) is 13.2 Å². The van der Waals surface area contributed by atoms with Gasteiger partial charge in [-0.1, -0.05) is 19.1 Å². The summed E-state index contributed by atoms with van der Waals surface area (Å²) in [6.45, 7) is 2.56. The fourth-order valence-electron chi connectivity index (χ4n) is 1.68. The van der Waals surface area contributed by atoms with Crippen LogP contribution in [0.25, 0.3) is 0 Å². The molecule has 19 heavy (non-hydrogen) atoms. The molecule has 0 fully saturated rings. The van der Waals surface area contributed by atoms with E-state index in [0.29, 0.717) is 18.7 Å². The predicted molar refractivity (Wildman–Crippen MR) is 66.5 cm³/mol. The molecule has 0 aliphatic heterocycles. The minimum absolute atomic E-state index is 0.139. The van der Waals surface area contributed by atoms with Crippen LogP contribution in [0, 0.1) is 0 Å². The molecule has 3 nitrogen and oxygen atoms in total. The van der Waals surface area contributed by atoms with Gasteiger partial charge in [-0.3, -0.25) is 4.79 Å². The smallest absolute Gasteiger partial charge is 0.355 e. The van der Waals surface area contributed by atoms with E-state index >= 15 is 0 Å². The van der Waals surface area contributed by atoms with Gasteiger partial charge in [0.1, 0.15) is 0 Å². The second-order valence-corrected chi connectivity index (χ2v) is 4.36. The number of hydrogen-bond acceptors (Lipinski definition) is 2. The third-order valence-corrected chi connectivity index (χ3v) is 2.77. The highest BCUT2D eigenvalue weighted by Gasteiger charge is 2.30. The highest BCUT2D eigenvalue weighted by molar-refractivity contribution is 5.76. The van der Waals surface area contributed by atoms with Crippen molar-refractivity contribution in [3.63, 3.8) is 0 Å². The Bertz CT molecular complexity index is 415. The summed E-state index contributed by atoms with van der Waals surface area (Å²) in [4.78, 5) is 11.5. The van der Waals surface area contributed by atoms with Crippen LogP contribution in [0.5, 0.6) is 0 Å². The molecular weight excluding hydrogens is 257 g/mol. The zero-order valence-electron chi connectivity index (χ0n) is 10.6. The number of alkyl halides is 3. The van der Waals surface area contributed by atoms with Crippen LogP contribution >= 0.6 is 0 Å². The monoisotopic (exact) mass is 274 g/mol. The number of benzene rings is 1. The van der Waals surface area contributed by atoms with Crippen LogP contribution in [0.3, 0.4) is 0 Å². The lowest BCUT2D eigenvalue weighted by Crippen LogP contribution is -2.29. The molecule has 0 bridgehead atoms. The number of nitrogens with one attached hydrogen (secondary N) is 1. The van der Waals surface area contributed by atoms with Crippen LogP contribution in [0.15, 0.2) is 24.3 Å². The predicted octanol–water partition coefficient (Wildman–Crippen LogP) is 2.27. The van der Waals surface area contributed by atoms with Gasteiger partial charge in [0.05, 0.1) is 5.56 Å². The summed E-state index contributed by atoms with van der Waals surface area (Å²) in [6, 6.07) is 4.88. The van der Waals surface area contributed by atoms with Crippen molar-refractivity contribution in [1.29, 1.82) is 0 Å². The number of nitrogens with two attached hydrogens (primary N) is 1. The molecule has 1 aromatic carbocycles. The van der Waals surface area contributed by atoms with Crippen molar-refractivity contribution in [3.8, 4) is 0 Å². The number of rotatable bonds is 5. The summed E-state index contributed by atoms with van der Waals surface area (Å²) in [5.74, 6) is -0.294. The van der Waals surface area contributed by atoms with E-state index in [1.807, 2.05) is 0 Å². The second-order valence-electron chi connectivity index (χ2n) is 4.36. The highest BCUT2D eigenvalue weighted by atomic mass is 19.4. The Kier molecular flexibility index (Phi) is 5.35. The van der Waals surface area contributed by atoms with Crippen LogP contribution < -0.4 is 11.1 Å². The van der Waals surface area contributed by atoms with E-state index < -0.39 is 11.7 Å². The Morgan fingerprint density at radius 1 is 1.32 bits per heavy atom. The molecule has 0 aliphatic carbocycles. The van der Waals surface area contributed by atoms with Crippen LogP contribution in [0.1, 0.15) is 30.4 Å². The summed E-state index contributed by atoms with van der Waals surface area (Å²) in [5.41, 5.74) is 5.28. The van der Waals surface area contributed by atoms with E-state index in [2.05, 4.69) is 5.32 Å². The Hall–Kier alpha value is -1.56. The van der Waals surface area contributed by atoms with Crippen LogP contribution in [-0.4, -0.2) is 19.0 Å². The summed E-state index contributed by atoms with van der Waals surface area (Å²) >= 11 is 0. The normalized spacial score (nSPS) is 13.1. The standard InChI is InChI=1S/C13H17F3N2O/c1-9(8-12(19)18-7-6-17)10-2-4-11(5-3-10)13(14,15)16/h2-5,9H,6-8,17H2,1H3,(H,18,19). The summed E-state index contributed by atoms with van der Waals surface area (Å²) in [5, 5.41) is 2.62. The second kappa shape index (κ2) is 6.56. The molecule has 0 radical (unpaired) electrons. The Balaban J connectivity index is 2.63. The van der Waals surface area contributed by atoms with Gasteiger partial charge in [-0.25, -0.2) is 0 Å². The fourth-order valence-corrected chi connectivity index (χ4v) is 1.68. The van der Waals surface area contributed by atoms with E-state index in [1.165, 1.54) is 12.1 Å². The van der Waals surface area contributed by atoms with Crippen LogP contribution in [-0.2, 0) is 11.0 Å². The number of carbonyl (C=O) groups excluding carboxylic acids is 1. The Labute approximate surface area is 110 Å². The molecule has 3 N–H and O–H groups in total. The molecule has 1 atom stereocenters. The first kappa shape index (κ1) is 15.5. The first-order valence-electron chi connectivity index (χ1n) is 5.98. The van der Waals surface area contributed by atoms with Crippen molar-refractivity contribution in [2.75, 3.05) is 13.1 Å². The van der Waals surface area contributed by atoms with Gasteiger partial charge in [0.15, 0.2) is 0 Å². The average Bonchev–Trinajstić information content (AvgIpc) is 2.35. The van der Waals surface area contributed by atoms with Crippen molar-refractivity contribution < 1.29 is 18.0 Å². The van der Waals surface area contributed by atoms with Gasteiger partial charge in [0.2, 0.25) is 5.91 Å². The maximum atomic E-state index is 12.4. The summed E-state index contributed by atoms with van der Waals surface area (Å²) in [7, 11) is 0. The first-order chi connectivity index (χ1) is 8.84. The van der Waals surface area contributed by atoms with Gasteiger partial charge in [-0.05, 0) is 23.6 Å². The summed E-state index contributed by atoms with van der Waals surface area (Å²) < 4.78 is 37.2. The SMILES string of the molecule is CC(CC(=O)NCCN)c1ccc(C(F)(F)F)cc1. The molecule has 0 saturated carbocycles. The molecule has 1 unspecified atom stereocenters. The molecule has 6 heteroatoms. The van der Waals surface area contributed by atoms with E-state index in [9.17, 15) is 18.0 Å². The van der Waals surface area contributed by atoms with Gasteiger partial charge in [0.25, 0.3) is 0 Å². The van der Waals surface area contributed by atoms with Gasteiger partial charge in [-0.15, -0.1) is 0 Å². The van der Waals surface area contributed by atoms with Gasteiger partial charge < -0.3 is 11.1 Å². The average molecular weight is 274 g/mol. The van der Waals surface area contributed by atoms with Crippen molar-refractivity contribution in [2.45, 2.75) is 25.4 Å². The number of hydrogen-bond donors (Lipinski definition) is 2. The lowest BCUT2D eigenvalue weighted by Gasteiger charge is -2.13. The van der Waals surface area contributed by atoms with Crippen molar-refractivity contribution >= 4 is 5.91 Å². The molecule has 1 amide bonds. The maximum absolute atomic E-state index is 12.4. The molecule has 0 aromatic heterocycles. The third-order valence-electron chi connectivity index (χ3n) is 2.77.